The predicted molar refractivity (Wildman–Crippen MR) is 123 cm³/mol. The molecule has 0 saturated carbocycles. The zero-order valence-electron chi connectivity index (χ0n) is 17.2. The molecule has 160 valence electrons. The van der Waals surface area contributed by atoms with Crippen molar-refractivity contribution in [1.82, 2.24) is 29.7 Å². The molecule has 4 aromatic heterocycles. The van der Waals surface area contributed by atoms with Crippen LogP contribution in [-0.2, 0) is 5.75 Å². The second kappa shape index (κ2) is 8.36. The highest BCUT2D eigenvalue weighted by Gasteiger charge is 2.12. The Balaban J connectivity index is 1.14. The number of fused-ring (bicyclic) bond motifs is 1. The highest BCUT2D eigenvalue weighted by Crippen LogP contribution is 2.28. The first-order chi connectivity index (χ1) is 16.3. The molecule has 0 aliphatic rings. The quantitative estimate of drug-likeness (QED) is 0.310. The van der Waals surface area contributed by atoms with E-state index in [1.807, 2.05) is 65.2 Å². The number of imidazole rings is 1. The van der Waals surface area contributed by atoms with Crippen LogP contribution in [0.3, 0.4) is 0 Å². The molecule has 0 aliphatic carbocycles. The number of hydrogen-bond acceptors (Lipinski definition) is 8. The van der Waals surface area contributed by atoms with Gasteiger partial charge in [0, 0.05) is 39.7 Å². The maximum Gasteiger partial charge on any atom is 0.258 e. The molecule has 0 radical (unpaired) electrons. The third kappa shape index (κ3) is 4.01. The van der Waals surface area contributed by atoms with Gasteiger partial charge in [-0.15, -0.1) is 22.0 Å². The van der Waals surface area contributed by atoms with Gasteiger partial charge >= 0.3 is 0 Å². The molecule has 0 spiro atoms. The third-order valence-corrected chi connectivity index (χ3v) is 6.12. The van der Waals surface area contributed by atoms with Crippen LogP contribution in [-0.4, -0.2) is 29.7 Å². The lowest BCUT2D eigenvalue weighted by molar-refractivity contribution is 0.432. The molecule has 0 amide bonds. The standard InChI is InChI=1S/C24H16N6O2S/c1-2-12-30-13-19(26-21(30)3-1)14-33-20-10-8-17(9-11-20)23-27-22(29-32-23)16-4-6-18(7-5-16)24-28-25-15-31-24/h1-13,15H,14H2. The molecule has 0 N–H and O–H groups in total. The molecule has 9 heteroatoms. The maximum absolute atomic E-state index is 5.49. The lowest BCUT2D eigenvalue weighted by Crippen LogP contribution is -1.83. The molecule has 2 aromatic carbocycles. The SMILES string of the molecule is c1ccn2cc(CSc3ccc(-c4nc(-c5ccc(-c6nnco6)cc5)no4)cc3)nc2c1. The van der Waals surface area contributed by atoms with Crippen LogP contribution in [0.5, 0.6) is 0 Å². The highest BCUT2D eigenvalue weighted by atomic mass is 32.2. The fourth-order valence-corrected chi connectivity index (χ4v) is 4.21. The van der Waals surface area contributed by atoms with Crippen LogP contribution in [0, 0.1) is 0 Å². The summed E-state index contributed by atoms with van der Waals surface area (Å²) < 4.78 is 12.7. The van der Waals surface area contributed by atoms with Gasteiger partial charge in [0.1, 0.15) is 5.65 Å². The van der Waals surface area contributed by atoms with E-state index in [1.165, 1.54) is 6.39 Å². The van der Waals surface area contributed by atoms with E-state index in [-0.39, 0.29) is 0 Å². The summed E-state index contributed by atoms with van der Waals surface area (Å²) >= 11 is 1.74. The van der Waals surface area contributed by atoms with E-state index < -0.39 is 0 Å². The first-order valence-corrected chi connectivity index (χ1v) is 11.2. The Morgan fingerprint density at radius 2 is 1.61 bits per heavy atom. The lowest BCUT2D eigenvalue weighted by atomic mass is 10.1. The summed E-state index contributed by atoms with van der Waals surface area (Å²) in [6.45, 7) is 0. The second-order valence-electron chi connectivity index (χ2n) is 7.26. The molecular formula is C24H16N6O2S. The Morgan fingerprint density at radius 3 is 2.39 bits per heavy atom. The van der Waals surface area contributed by atoms with Gasteiger partial charge < -0.3 is 13.3 Å². The highest BCUT2D eigenvalue weighted by molar-refractivity contribution is 7.98. The normalized spacial score (nSPS) is 11.3. The van der Waals surface area contributed by atoms with Gasteiger partial charge in [0.15, 0.2) is 0 Å². The summed E-state index contributed by atoms with van der Waals surface area (Å²) in [6.07, 6.45) is 5.37. The molecule has 0 bridgehead atoms. The van der Waals surface area contributed by atoms with E-state index in [0.29, 0.717) is 17.6 Å². The minimum atomic E-state index is 0.467. The van der Waals surface area contributed by atoms with Gasteiger partial charge in [-0.05, 0) is 48.5 Å². The maximum atomic E-state index is 5.49. The Morgan fingerprint density at radius 1 is 0.818 bits per heavy atom. The number of benzene rings is 2. The zero-order valence-corrected chi connectivity index (χ0v) is 18.0. The number of aromatic nitrogens is 6. The number of thioether (sulfide) groups is 1. The van der Waals surface area contributed by atoms with Crippen molar-refractivity contribution in [2.24, 2.45) is 0 Å². The Kier molecular flexibility index (Phi) is 4.93. The summed E-state index contributed by atoms with van der Waals surface area (Å²) in [7, 11) is 0. The monoisotopic (exact) mass is 452 g/mol. The van der Waals surface area contributed by atoms with Crippen molar-refractivity contribution < 1.29 is 8.94 Å². The first-order valence-electron chi connectivity index (χ1n) is 10.2. The van der Waals surface area contributed by atoms with Crippen molar-refractivity contribution >= 4 is 17.4 Å². The van der Waals surface area contributed by atoms with Crippen LogP contribution in [0.4, 0.5) is 0 Å². The van der Waals surface area contributed by atoms with Crippen LogP contribution in [0.15, 0.2) is 99.4 Å². The average molecular weight is 452 g/mol. The fourth-order valence-electron chi connectivity index (χ4n) is 3.43. The third-order valence-electron chi connectivity index (χ3n) is 5.08. The summed E-state index contributed by atoms with van der Waals surface area (Å²) in [4.78, 5) is 10.3. The molecule has 6 aromatic rings. The van der Waals surface area contributed by atoms with Crippen LogP contribution >= 0.6 is 11.8 Å². The molecule has 33 heavy (non-hydrogen) atoms. The van der Waals surface area contributed by atoms with E-state index >= 15 is 0 Å². The number of rotatable bonds is 6. The summed E-state index contributed by atoms with van der Waals surface area (Å²) in [5, 5.41) is 11.7. The van der Waals surface area contributed by atoms with Gasteiger partial charge in [0.25, 0.3) is 5.89 Å². The summed E-state index contributed by atoms with van der Waals surface area (Å²) in [6, 6.07) is 21.6. The minimum Gasteiger partial charge on any atom is -0.423 e. The molecular weight excluding hydrogens is 436 g/mol. The fraction of sp³-hybridized carbons (Fsp3) is 0.0417. The predicted octanol–water partition coefficient (Wildman–Crippen LogP) is 5.39. The van der Waals surface area contributed by atoms with E-state index in [2.05, 4.69) is 43.7 Å². The van der Waals surface area contributed by atoms with Gasteiger partial charge in [-0.25, -0.2) is 4.98 Å². The molecule has 0 atom stereocenters. The van der Waals surface area contributed by atoms with Crippen molar-refractivity contribution in [3.63, 3.8) is 0 Å². The van der Waals surface area contributed by atoms with Gasteiger partial charge in [-0.2, -0.15) is 4.98 Å². The average Bonchev–Trinajstić information content (AvgIpc) is 3.64. The number of hydrogen-bond donors (Lipinski definition) is 0. The topological polar surface area (TPSA) is 95.1 Å². The van der Waals surface area contributed by atoms with Crippen LogP contribution in [0.2, 0.25) is 0 Å². The van der Waals surface area contributed by atoms with Crippen LogP contribution < -0.4 is 0 Å². The van der Waals surface area contributed by atoms with Crippen molar-refractivity contribution in [1.29, 1.82) is 0 Å². The van der Waals surface area contributed by atoms with E-state index in [0.717, 1.165) is 38.7 Å². The Hall–Kier alpha value is -4.24. The van der Waals surface area contributed by atoms with Gasteiger partial charge in [-0.1, -0.05) is 23.4 Å². The van der Waals surface area contributed by atoms with Crippen LogP contribution in [0.1, 0.15) is 5.69 Å². The second-order valence-corrected chi connectivity index (χ2v) is 8.30. The molecule has 4 heterocycles. The largest absolute Gasteiger partial charge is 0.423 e. The van der Waals surface area contributed by atoms with Gasteiger partial charge in [0.2, 0.25) is 18.1 Å². The van der Waals surface area contributed by atoms with Crippen molar-refractivity contribution in [2.45, 2.75) is 10.6 Å². The molecule has 8 nitrogen and oxygen atoms in total. The van der Waals surface area contributed by atoms with Crippen molar-refractivity contribution in [3.8, 4) is 34.3 Å². The van der Waals surface area contributed by atoms with Crippen molar-refractivity contribution in [3.05, 3.63) is 91.2 Å². The summed E-state index contributed by atoms with van der Waals surface area (Å²) in [5.41, 5.74) is 4.54. The molecule has 0 aliphatic heterocycles. The lowest BCUT2D eigenvalue weighted by Gasteiger charge is -2.00. The first kappa shape index (κ1) is 19.4. The minimum absolute atomic E-state index is 0.467. The molecule has 0 unspecified atom stereocenters. The number of nitrogens with zero attached hydrogens (tertiary/aromatic N) is 6. The zero-order chi connectivity index (χ0) is 22.0. The molecule has 0 fully saturated rings. The van der Waals surface area contributed by atoms with E-state index in [1.54, 1.807) is 11.8 Å². The van der Waals surface area contributed by atoms with E-state index in [4.69, 9.17) is 8.94 Å². The van der Waals surface area contributed by atoms with Crippen LogP contribution in [0.25, 0.3) is 39.9 Å². The summed E-state index contributed by atoms with van der Waals surface area (Å²) in [5.74, 6) is 2.26. The Labute approximate surface area is 192 Å². The van der Waals surface area contributed by atoms with E-state index in [9.17, 15) is 0 Å². The van der Waals surface area contributed by atoms with Crippen molar-refractivity contribution in [2.75, 3.05) is 0 Å². The molecule has 6 rings (SSSR count). The smallest absolute Gasteiger partial charge is 0.258 e. The number of pyridine rings is 1. The van der Waals surface area contributed by atoms with Gasteiger partial charge in [0.05, 0.1) is 5.69 Å². The molecule has 0 saturated heterocycles. The van der Waals surface area contributed by atoms with Gasteiger partial charge in [-0.3, -0.25) is 0 Å². The Bertz CT molecular complexity index is 1470.